The number of unbranched alkanes of at least 4 members (excludes halogenated alkanes) is 1. The fourth-order valence-corrected chi connectivity index (χ4v) is 2.71. The lowest BCUT2D eigenvalue weighted by molar-refractivity contribution is 0.599. The topological polar surface area (TPSA) is 54.2 Å². The van der Waals surface area contributed by atoms with E-state index in [1.54, 1.807) is 0 Å². The van der Waals surface area contributed by atoms with Gasteiger partial charge in [-0.3, -0.25) is 4.99 Å². The van der Waals surface area contributed by atoms with E-state index >= 15 is 0 Å². The average molecular weight is 362 g/mol. The van der Waals surface area contributed by atoms with Crippen LogP contribution in [0.25, 0.3) is 0 Å². The van der Waals surface area contributed by atoms with Crippen LogP contribution in [0.1, 0.15) is 44.1 Å². The minimum absolute atomic E-state index is 0.170. The predicted molar refractivity (Wildman–Crippen MR) is 105 cm³/mol. The lowest BCUT2D eigenvalue weighted by atomic mass is 10.1. The zero-order valence-electron chi connectivity index (χ0n) is 15.3. The largest absolute Gasteiger partial charge is 0.357 e. The molecule has 1 aromatic carbocycles. The number of aromatic nitrogens is 2. The Hall–Kier alpha value is -2.01. The van der Waals surface area contributed by atoms with E-state index < -0.39 is 0 Å². The number of guanidine groups is 1. The summed E-state index contributed by atoms with van der Waals surface area (Å²) in [7, 11) is 0. The number of halogens is 1. The lowest BCUT2D eigenvalue weighted by Gasteiger charge is -2.18. The summed E-state index contributed by atoms with van der Waals surface area (Å²) in [5.74, 6) is 1.92. The summed E-state index contributed by atoms with van der Waals surface area (Å²) in [6.07, 6.45) is 6.01. The van der Waals surface area contributed by atoms with E-state index in [4.69, 9.17) is 11.6 Å². The zero-order chi connectivity index (χ0) is 18.1. The van der Waals surface area contributed by atoms with Crippen molar-refractivity contribution in [3.8, 4) is 0 Å². The Bertz CT molecular complexity index is 663. The maximum atomic E-state index is 5.95. The molecule has 5 nitrogen and oxygen atoms in total. The summed E-state index contributed by atoms with van der Waals surface area (Å²) in [5.41, 5.74) is 1.19. The molecule has 136 valence electrons. The number of hydrogen-bond acceptors (Lipinski definition) is 2. The van der Waals surface area contributed by atoms with Gasteiger partial charge in [-0.15, -0.1) is 0 Å². The van der Waals surface area contributed by atoms with Crippen molar-refractivity contribution in [2.24, 2.45) is 4.99 Å². The number of aliphatic imine (C=N–C) groups is 1. The molecule has 1 atom stereocenters. The molecule has 6 heteroatoms. The molecule has 1 heterocycles. The first-order chi connectivity index (χ1) is 12.1. The Morgan fingerprint density at radius 2 is 2.04 bits per heavy atom. The molecule has 2 aromatic rings. The molecule has 0 aliphatic heterocycles. The Kier molecular flexibility index (Phi) is 7.79. The molecule has 0 saturated heterocycles. The number of benzene rings is 1. The van der Waals surface area contributed by atoms with Gasteiger partial charge in [0.15, 0.2) is 5.96 Å². The summed E-state index contributed by atoms with van der Waals surface area (Å²) in [5, 5.41) is 7.51. The van der Waals surface area contributed by atoms with Crippen molar-refractivity contribution < 1.29 is 0 Å². The molecule has 25 heavy (non-hydrogen) atoms. The second-order valence-corrected chi connectivity index (χ2v) is 6.49. The lowest BCUT2D eigenvalue weighted by Crippen LogP contribution is -2.38. The van der Waals surface area contributed by atoms with Crippen molar-refractivity contribution in [1.82, 2.24) is 20.2 Å². The quantitative estimate of drug-likeness (QED) is 0.425. The van der Waals surface area contributed by atoms with Gasteiger partial charge in [-0.25, -0.2) is 4.98 Å². The van der Waals surface area contributed by atoms with E-state index in [-0.39, 0.29) is 6.04 Å². The van der Waals surface area contributed by atoms with E-state index in [2.05, 4.69) is 39.0 Å². The van der Waals surface area contributed by atoms with Crippen LogP contribution in [0.15, 0.2) is 41.7 Å². The van der Waals surface area contributed by atoms with Crippen molar-refractivity contribution in [2.75, 3.05) is 13.1 Å². The van der Waals surface area contributed by atoms with E-state index in [0.717, 1.165) is 49.3 Å². The fraction of sp³-hybridized carbons (Fsp3) is 0.474. The summed E-state index contributed by atoms with van der Waals surface area (Å²) in [4.78, 5) is 8.92. The Labute approximate surface area is 155 Å². The smallest absolute Gasteiger partial charge is 0.191 e. The molecule has 1 unspecified atom stereocenters. The van der Waals surface area contributed by atoms with E-state index in [9.17, 15) is 0 Å². The molecule has 0 spiro atoms. The summed E-state index contributed by atoms with van der Waals surface area (Å²) in [6.45, 7) is 8.86. The van der Waals surface area contributed by atoms with Crippen LogP contribution in [0.5, 0.6) is 0 Å². The zero-order valence-corrected chi connectivity index (χ0v) is 16.1. The molecule has 0 aliphatic carbocycles. The van der Waals surface area contributed by atoms with Crippen molar-refractivity contribution >= 4 is 17.6 Å². The SMILES string of the molecule is CCNC(=NCCCCn1ccnc1C)NC(C)c1ccc(Cl)cc1. The number of aryl methyl sites for hydroxylation is 2. The third-order valence-electron chi connectivity index (χ3n) is 4.07. The highest BCUT2D eigenvalue weighted by Gasteiger charge is 2.07. The standard InChI is InChI=1S/C19H28ClN5/c1-4-21-19(24-15(2)17-7-9-18(20)10-8-17)23-11-5-6-13-25-14-12-22-16(25)3/h7-10,12,14-15H,4-6,11,13H2,1-3H3,(H2,21,23,24). The van der Waals surface area contributed by atoms with Crippen LogP contribution in [-0.4, -0.2) is 28.6 Å². The minimum Gasteiger partial charge on any atom is -0.357 e. The molecule has 0 amide bonds. The van der Waals surface area contributed by atoms with Crippen LogP contribution < -0.4 is 10.6 Å². The van der Waals surface area contributed by atoms with Crippen LogP contribution in [0, 0.1) is 6.92 Å². The molecule has 0 radical (unpaired) electrons. The highest BCUT2D eigenvalue weighted by molar-refractivity contribution is 6.30. The Morgan fingerprint density at radius 1 is 1.28 bits per heavy atom. The molecule has 0 aliphatic rings. The molecule has 0 fully saturated rings. The summed E-state index contributed by atoms with van der Waals surface area (Å²) >= 11 is 5.95. The maximum absolute atomic E-state index is 5.95. The van der Waals surface area contributed by atoms with Crippen LogP contribution in [0.2, 0.25) is 5.02 Å². The van der Waals surface area contributed by atoms with Crippen LogP contribution >= 0.6 is 11.6 Å². The van der Waals surface area contributed by atoms with Crippen molar-refractivity contribution in [2.45, 2.75) is 46.2 Å². The molecule has 2 N–H and O–H groups in total. The van der Waals surface area contributed by atoms with Gasteiger partial charge in [0.1, 0.15) is 5.82 Å². The number of hydrogen-bond donors (Lipinski definition) is 2. The van der Waals surface area contributed by atoms with Crippen LogP contribution in [0.4, 0.5) is 0 Å². The van der Waals surface area contributed by atoms with Gasteiger partial charge in [-0.2, -0.15) is 0 Å². The van der Waals surface area contributed by atoms with Gasteiger partial charge in [0.25, 0.3) is 0 Å². The van der Waals surface area contributed by atoms with E-state index in [1.807, 2.05) is 43.6 Å². The molecule has 0 bridgehead atoms. The van der Waals surface area contributed by atoms with Gasteiger partial charge >= 0.3 is 0 Å². The molecule has 0 saturated carbocycles. The number of nitrogens with one attached hydrogen (secondary N) is 2. The van der Waals surface area contributed by atoms with Crippen LogP contribution in [0.3, 0.4) is 0 Å². The van der Waals surface area contributed by atoms with Crippen molar-refractivity contribution in [3.05, 3.63) is 53.1 Å². The van der Waals surface area contributed by atoms with Crippen LogP contribution in [-0.2, 0) is 6.54 Å². The molecular formula is C19H28ClN5. The minimum atomic E-state index is 0.170. The van der Waals surface area contributed by atoms with Gasteiger partial charge in [-0.05, 0) is 51.3 Å². The van der Waals surface area contributed by atoms with Crippen molar-refractivity contribution in [3.63, 3.8) is 0 Å². The van der Waals surface area contributed by atoms with E-state index in [0.29, 0.717) is 0 Å². The first-order valence-electron chi connectivity index (χ1n) is 8.88. The highest BCUT2D eigenvalue weighted by atomic mass is 35.5. The fourth-order valence-electron chi connectivity index (χ4n) is 2.58. The summed E-state index contributed by atoms with van der Waals surface area (Å²) < 4.78 is 2.18. The number of rotatable bonds is 8. The number of imidazole rings is 1. The maximum Gasteiger partial charge on any atom is 0.191 e. The van der Waals surface area contributed by atoms with Gasteiger partial charge in [0.05, 0.1) is 6.04 Å². The molecular weight excluding hydrogens is 334 g/mol. The normalized spacial score (nSPS) is 12.9. The summed E-state index contributed by atoms with van der Waals surface area (Å²) in [6, 6.07) is 8.08. The average Bonchev–Trinajstić information content (AvgIpc) is 3.00. The second kappa shape index (κ2) is 10.1. The molecule has 1 aromatic heterocycles. The third-order valence-corrected chi connectivity index (χ3v) is 4.32. The highest BCUT2D eigenvalue weighted by Crippen LogP contribution is 2.15. The monoisotopic (exact) mass is 361 g/mol. The van der Waals surface area contributed by atoms with Gasteiger partial charge < -0.3 is 15.2 Å². The first kappa shape index (κ1) is 19.3. The predicted octanol–water partition coefficient (Wildman–Crippen LogP) is 3.94. The van der Waals surface area contributed by atoms with Gasteiger partial charge in [-0.1, -0.05) is 23.7 Å². The van der Waals surface area contributed by atoms with Crippen molar-refractivity contribution in [1.29, 1.82) is 0 Å². The van der Waals surface area contributed by atoms with E-state index in [1.165, 1.54) is 5.56 Å². The Balaban J connectivity index is 1.81. The second-order valence-electron chi connectivity index (χ2n) is 6.05. The molecule has 2 rings (SSSR count). The number of nitrogens with zero attached hydrogens (tertiary/aromatic N) is 3. The first-order valence-corrected chi connectivity index (χ1v) is 9.26. The Morgan fingerprint density at radius 3 is 2.68 bits per heavy atom. The van der Waals surface area contributed by atoms with Gasteiger partial charge in [0.2, 0.25) is 0 Å². The third kappa shape index (κ3) is 6.42. The van der Waals surface area contributed by atoms with Gasteiger partial charge in [0, 0.05) is 37.1 Å².